The van der Waals surface area contributed by atoms with E-state index in [0.717, 1.165) is 30.3 Å². The van der Waals surface area contributed by atoms with E-state index in [2.05, 4.69) is 32.0 Å². The zero-order valence-electron chi connectivity index (χ0n) is 19.8. The molecule has 30 heavy (non-hydrogen) atoms. The summed E-state index contributed by atoms with van der Waals surface area (Å²) >= 11 is 0. The molecular formula is C29H46O. The summed E-state index contributed by atoms with van der Waals surface area (Å²) in [5.41, 5.74) is 5.03. The van der Waals surface area contributed by atoms with Gasteiger partial charge in [-0.3, -0.25) is 0 Å². The molecule has 0 spiro atoms. The number of rotatable bonds is 9. The number of hydrogen-bond donors (Lipinski definition) is 0. The van der Waals surface area contributed by atoms with Crippen molar-refractivity contribution >= 4 is 0 Å². The summed E-state index contributed by atoms with van der Waals surface area (Å²) in [7, 11) is 0. The number of fused-ring (bicyclic) bond motifs is 2. The van der Waals surface area contributed by atoms with Gasteiger partial charge in [-0.05, 0) is 105 Å². The molecule has 1 nitrogen and oxygen atoms in total. The van der Waals surface area contributed by atoms with Crippen LogP contribution < -0.4 is 0 Å². The molecule has 2 fully saturated rings. The normalized spacial score (nSPS) is 31.2. The molecule has 0 aliphatic heterocycles. The van der Waals surface area contributed by atoms with Gasteiger partial charge >= 0.3 is 0 Å². The zero-order valence-corrected chi connectivity index (χ0v) is 19.8. The molecule has 1 aromatic carbocycles. The van der Waals surface area contributed by atoms with Gasteiger partial charge in [-0.2, -0.15) is 0 Å². The topological polar surface area (TPSA) is 9.23 Å². The van der Waals surface area contributed by atoms with Crippen LogP contribution in [0.25, 0.3) is 0 Å². The Morgan fingerprint density at radius 2 is 1.67 bits per heavy atom. The molecule has 0 aromatic heterocycles. The van der Waals surface area contributed by atoms with Gasteiger partial charge in [-0.25, -0.2) is 0 Å². The predicted molar refractivity (Wildman–Crippen MR) is 128 cm³/mol. The molecule has 1 heteroatoms. The van der Waals surface area contributed by atoms with Crippen molar-refractivity contribution in [2.75, 3.05) is 6.61 Å². The summed E-state index contributed by atoms with van der Waals surface area (Å²) in [6.45, 7) is 5.35. The van der Waals surface area contributed by atoms with E-state index in [-0.39, 0.29) is 0 Å². The van der Waals surface area contributed by atoms with Crippen LogP contribution in [0.4, 0.5) is 0 Å². The molecule has 4 rings (SSSR count). The largest absolute Gasteiger partial charge is 0.378 e. The van der Waals surface area contributed by atoms with Crippen LogP contribution in [0, 0.1) is 17.8 Å². The first-order valence-electron chi connectivity index (χ1n) is 13.5. The predicted octanol–water partition coefficient (Wildman–Crippen LogP) is 8.24. The fraction of sp³-hybridized carbons (Fsp3) is 0.793. The third-order valence-corrected chi connectivity index (χ3v) is 8.72. The Kier molecular flexibility index (Phi) is 8.33. The lowest BCUT2D eigenvalue weighted by Crippen LogP contribution is -2.33. The second-order valence-electron chi connectivity index (χ2n) is 10.8. The molecule has 5 atom stereocenters. The lowest BCUT2D eigenvalue weighted by atomic mass is 9.65. The van der Waals surface area contributed by atoms with E-state index in [1.807, 2.05) is 0 Å². The first-order valence-corrected chi connectivity index (χ1v) is 13.5. The van der Waals surface area contributed by atoms with Gasteiger partial charge in [0, 0.05) is 6.61 Å². The molecule has 1 aromatic rings. The maximum Gasteiger partial charge on any atom is 0.0577 e. The summed E-state index contributed by atoms with van der Waals surface area (Å²) < 4.78 is 5.96. The third-order valence-electron chi connectivity index (χ3n) is 8.72. The standard InChI is InChI=1S/C29H46O/c1-3-5-6-7-8-9-22-10-11-24-19-25(13-12-23(24)18-22)26-14-15-28-21-29(30-4-2)17-16-27(28)20-26/h12-13,19,22,26-29H,3-11,14-18,20-21H2,1-2H3. The van der Waals surface area contributed by atoms with Crippen molar-refractivity contribution in [3.05, 3.63) is 34.9 Å². The first kappa shape index (κ1) is 22.4. The molecule has 0 bridgehead atoms. The van der Waals surface area contributed by atoms with Crippen molar-refractivity contribution < 1.29 is 4.74 Å². The zero-order chi connectivity index (χ0) is 20.8. The Labute approximate surface area is 186 Å². The van der Waals surface area contributed by atoms with Gasteiger partial charge in [0.05, 0.1) is 6.10 Å². The fourth-order valence-corrected chi connectivity index (χ4v) is 6.92. The Balaban J connectivity index is 1.28. The molecule has 0 heterocycles. The van der Waals surface area contributed by atoms with E-state index in [1.54, 1.807) is 16.7 Å². The van der Waals surface area contributed by atoms with Crippen LogP contribution in [0.15, 0.2) is 18.2 Å². The van der Waals surface area contributed by atoms with Crippen molar-refractivity contribution in [1.82, 2.24) is 0 Å². The third kappa shape index (κ3) is 5.70. The van der Waals surface area contributed by atoms with Crippen LogP contribution >= 0.6 is 0 Å². The minimum atomic E-state index is 0.552. The van der Waals surface area contributed by atoms with Crippen LogP contribution in [0.1, 0.15) is 120 Å². The lowest BCUT2D eigenvalue weighted by Gasteiger charge is -2.42. The van der Waals surface area contributed by atoms with Gasteiger partial charge in [0.15, 0.2) is 0 Å². The summed E-state index contributed by atoms with van der Waals surface area (Å²) in [6, 6.07) is 7.66. The van der Waals surface area contributed by atoms with Gasteiger partial charge in [-0.15, -0.1) is 0 Å². The minimum absolute atomic E-state index is 0.552. The van der Waals surface area contributed by atoms with Crippen LogP contribution in [-0.4, -0.2) is 12.7 Å². The molecule has 0 amide bonds. The van der Waals surface area contributed by atoms with Gasteiger partial charge in [-0.1, -0.05) is 63.6 Å². The highest BCUT2D eigenvalue weighted by atomic mass is 16.5. The van der Waals surface area contributed by atoms with Crippen molar-refractivity contribution in [1.29, 1.82) is 0 Å². The average Bonchev–Trinajstić information content (AvgIpc) is 2.78. The maximum atomic E-state index is 5.96. The summed E-state index contributed by atoms with van der Waals surface area (Å²) in [5, 5.41) is 0. The Morgan fingerprint density at radius 1 is 0.833 bits per heavy atom. The number of hydrogen-bond acceptors (Lipinski definition) is 1. The average molecular weight is 411 g/mol. The SMILES string of the molecule is CCCCCCCC1CCc2cc(C3CCC4CC(OCC)CCC4C3)ccc2C1. The summed E-state index contributed by atoms with van der Waals surface area (Å²) in [6.07, 6.45) is 21.5. The van der Waals surface area contributed by atoms with Crippen molar-refractivity contribution in [3.63, 3.8) is 0 Å². The number of ether oxygens (including phenoxy) is 1. The number of unbranched alkanes of at least 4 members (excludes halogenated alkanes) is 4. The van der Waals surface area contributed by atoms with E-state index in [1.165, 1.54) is 96.3 Å². The maximum absolute atomic E-state index is 5.96. The highest BCUT2D eigenvalue weighted by Gasteiger charge is 2.36. The smallest absolute Gasteiger partial charge is 0.0577 e. The van der Waals surface area contributed by atoms with E-state index < -0.39 is 0 Å². The molecule has 168 valence electrons. The Hall–Kier alpha value is -0.820. The number of benzene rings is 1. The second kappa shape index (κ2) is 11.2. The fourth-order valence-electron chi connectivity index (χ4n) is 6.92. The number of aryl methyl sites for hydroxylation is 1. The molecule has 5 unspecified atom stereocenters. The molecule has 3 aliphatic carbocycles. The second-order valence-corrected chi connectivity index (χ2v) is 10.8. The highest BCUT2D eigenvalue weighted by molar-refractivity contribution is 5.36. The Bertz CT molecular complexity index is 650. The van der Waals surface area contributed by atoms with Crippen LogP contribution in [0.3, 0.4) is 0 Å². The van der Waals surface area contributed by atoms with Gasteiger partial charge < -0.3 is 4.74 Å². The van der Waals surface area contributed by atoms with E-state index >= 15 is 0 Å². The molecular weight excluding hydrogens is 364 g/mol. The highest BCUT2D eigenvalue weighted by Crippen LogP contribution is 2.47. The quantitative estimate of drug-likeness (QED) is 0.372. The minimum Gasteiger partial charge on any atom is -0.378 e. The van der Waals surface area contributed by atoms with E-state index in [0.29, 0.717) is 6.10 Å². The monoisotopic (exact) mass is 410 g/mol. The van der Waals surface area contributed by atoms with Crippen molar-refractivity contribution in [2.24, 2.45) is 17.8 Å². The molecule has 0 N–H and O–H groups in total. The van der Waals surface area contributed by atoms with Gasteiger partial charge in [0.1, 0.15) is 0 Å². The van der Waals surface area contributed by atoms with Gasteiger partial charge in [0.25, 0.3) is 0 Å². The summed E-state index contributed by atoms with van der Waals surface area (Å²) in [4.78, 5) is 0. The van der Waals surface area contributed by atoms with E-state index in [9.17, 15) is 0 Å². The van der Waals surface area contributed by atoms with Crippen LogP contribution in [0.5, 0.6) is 0 Å². The molecule has 2 saturated carbocycles. The Morgan fingerprint density at radius 3 is 2.53 bits per heavy atom. The van der Waals surface area contributed by atoms with E-state index in [4.69, 9.17) is 4.74 Å². The molecule has 0 radical (unpaired) electrons. The lowest BCUT2D eigenvalue weighted by molar-refractivity contribution is -0.00955. The van der Waals surface area contributed by atoms with Gasteiger partial charge in [0.2, 0.25) is 0 Å². The molecule has 0 saturated heterocycles. The summed E-state index contributed by atoms with van der Waals surface area (Å²) in [5.74, 6) is 3.65. The van der Waals surface area contributed by atoms with Crippen LogP contribution in [-0.2, 0) is 17.6 Å². The molecule has 3 aliphatic rings. The van der Waals surface area contributed by atoms with Crippen LogP contribution in [0.2, 0.25) is 0 Å². The van der Waals surface area contributed by atoms with Crippen molar-refractivity contribution in [3.8, 4) is 0 Å². The van der Waals surface area contributed by atoms with Crippen molar-refractivity contribution in [2.45, 2.75) is 122 Å². The first-order chi connectivity index (χ1) is 14.8.